The van der Waals surface area contributed by atoms with Gasteiger partial charge in [0.1, 0.15) is 5.78 Å². The Balaban J connectivity index is -0.000000238. The van der Waals surface area contributed by atoms with Crippen LogP contribution in [-0.2, 0) is 9.59 Å². The summed E-state index contributed by atoms with van der Waals surface area (Å²) in [5, 5.41) is 0. The van der Waals surface area contributed by atoms with E-state index < -0.39 is 0 Å². The molecule has 0 aliphatic heterocycles. The van der Waals surface area contributed by atoms with Crippen LogP contribution in [0.1, 0.15) is 12.8 Å². The van der Waals surface area contributed by atoms with Crippen molar-refractivity contribution in [1.29, 1.82) is 0 Å². The van der Waals surface area contributed by atoms with Crippen LogP contribution in [0.5, 0.6) is 0 Å². The van der Waals surface area contributed by atoms with Crippen LogP contribution in [0.2, 0.25) is 0 Å². The summed E-state index contributed by atoms with van der Waals surface area (Å²) < 4.78 is 0. The minimum Gasteiger partial charge on any atom is -0.520 e. The third-order valence-corrected chi connectivity index (χ3v) is 1.57. The average Bonchev–Trinajstić information content (AvgIpc) is 2.30. The van der Waals surface area contributed by atoms with Crippen LogP contribution in [0.25, 0.3) is 0 Å². The van der Waals surface area contributed by atoms with Gasteiger partial charge < -0.3 is 9.69 Å². The molecule has 0 saturated carbocycles. The van der Waals surface area contributed by atoms with Gasteiger partial charge in [-0.15, -0.1) is 26.3 Å². The third kappa shape index (κ3) is 15.6. The number of ketones is 1. The van der Waals surface area contributed by atoms with Crippen LogP contribution in [0.4, 0.5) is 0 Å². The van der Waals surface area contributed by atoms with Crippen LogP contribution < -0.4 is 0 Å². The zero-order valence-corrected chi connectivity index (χ0v) is 17.3. The van der Waals surface area contributed by atoms with Crippen molar-refractivity contribution in [3.8, 4) is 0 Å². The van der Waals surface area contributed by atoms with Gasteiger partial charge >= 0.3 is 0 Å². The maximum atomic E-state index is 10.5. The SMILES string of the molecule is C=CCC(=O)CC=C.C=CCN([C-]=O)CC=C.[Rf]. The fourth-order valence-electron chi connectivity index (χ4n) is 0.866. The van der Waals surface area contributed by atoms with E-state index in [0.29, 0.717) is 25.9 Å². The Labute approximate surface area is 104 Å². The molecule has 0 aromatic heterocycles. The van der Waals surface area contributed by atoms with Gasteiger partial charge in [0.05, 0.1) is 0 Å². The first-order chi connectivity index (χ1) is 8.15. The van der Waals surface area contributed by atoms with Crippen LogP contribution in [-0.4, -0.2) is 30.2 Å². The second kappa shape index (κ2) is 16.5. The van der Waals surface area contributed by atoms with Gasteiger partial charge in [-0.25, -0.2) is 0 Å². The van der Waals surface area contributed by atoms with Gasteiger partial charge in [-0.05, 0) is 0 Å². The molecular formula is C14H20NO2Rf-. The van der Waals surface area contributed by atoms with E-state index in [1.165, 1.54) is 4.90 Å². The molecule has 4 heteroatoms. The zero-order valence-electron chi connectivity index (χ0n) is 10.9. The fraction of sp³-hybridized carbons (Fsp3) is 0.286. The first-order valence-corrected chi connectivity index (χ1v) is 5.24. The van der Waals surface area contributed by atoms with Crippen LogP contribution >= 0.6 is 0 Å². The topological polar surface area (TPSA) is 37.4 Å². The Hall–Kier alpha value is -2.90. The van der Waals surface area contributed by atoms with Crippen LogP contribution in [0, 0.1) is 0 Å². The van der Waals surface area contributed by atoms with Gasteiger partial charge in [0, 0.05) is 25.9 Å². The number of rotatable bonds is 9. The van der Waals surface area contributed by atoms with Gasteiger partial charge in [-0.1, -0.05) is 24.3 Å². The number of nitrogens with zero attached hydrogens (tertiary/aromatic N) is 1. The van der Waals surface area contributed by atoms with Crippen molar-refractivity contribution in [2.75, 3.05) is 13.1 Å². The Bertz CT molecular complexity index is 253. The van der Waals surface area contributed by atoms with E-state index in [0.717, 1.165) is 0 Å². The molecule has 0 saturated heterocycles. The number of hydrogen-bond acceptors (Lipinski definition) is 2. The summed E-state index contributed by atoms with van der Waals surface area (Å²) in [6.07, 6.45) is 9.17. The largest absolute Gasteiger partial charge is 0.520 e. The van der Waals surface area contributed by atoms with Gasteiger partial charge in [0.15, 0.2) is 0 Å². The van der Waals surface area contributed by atoms with Crippen molar-refractivity contribution in [2.45, 2.75) is 12.8 Å². The third-order valence-electron chi connectivity index (χ3n) is 1.57. The molecule has 96 valence electrons. The van der Waals surface area contributed by atoms with Gasteiger partial charge in [-0.2, -0.15) is 6.41 Å². The van der Waals surface area contributed by atoms with E-state index in [9.17, 15) is 9.59 Å². The predicted molar refractivity (Wildman–Crippen MR) is 72.3 cm³/mol. The smallest absolute Gasteiger partial charge is 0.140 e. The summed E-state index contributed by atoms with van der Waals surface area (Å²) in [4.78, 5) is 21.9. The molecule has 0 aliphatic carbocycles. The Morgan fingerprint density at radius 2 is 1.33 bits per heavy atom. The maximum absolute atomic E-state index is 10.5. The Morgan fingerprint density at radius 3 is 1.56 bits per heavy atom. The van der Waals surface area contributed by atoms with Crippen LogP contribution in [0.3, 0.4) is 0 Å². The van der Waals surface area contributed by atoms with E-state index in [1.807, 2.05) is 0 Å². The summed E-state index contributed by atoms with van der Waals surface area (Å²) in [6.45, 7) is 14.9. The second-order valence-electron chi connectivity index (χ2n) is 3.10. The molecule has 0 aromatic carbocycles. The van der Waals surface area contributed by atoms with Crippen molar-refractivity contribution in [3.63, 3.8) is 0 Å². The molecule has 18 heavy (non-hydrogen) atoms. The van der Waals surface area contributed by atoms with Gasteiger partial charge in [0.25, 0.3) is 0 Å². The molecule has 0 bridgehead atoms. The van der Waals surface area contributed by atoms with E-state index >= 15 is 0 Å². The number of allylic oxidation sites excluding steroid dienone is 2. The van der Waals surface area contributed by atoms with Crippen molar-refractivity contribution in [1.82, 2.24) is 4.90 Å². The summed E-state index contributed by atoms with van der Waals surface area (Å²) >= 11 is 0. The molecule has 0 fully saturated rings. The molecule has 0 aromatic rings. The van der Waals surface area contributed by atoms with Gasteiger partial charge in [-0.3, -0.25) is 4.79 Å². The quantitative estimate of drug-likeness (QED) is 0.277. The van der Waals surface area contributed by atoms with Crippen molar-refractivity contribution >= 4 is 12.2 Å². The van der Waals surface area contributed by atoms with E-state index in [2.05, 4.69) is 26.3 Å². The number of amides is 1. The molecule has 0 unspecified atom stereocenters. The molecule has 1 amide bonds. The van der Waals surface area contributed by atoms with E-state index in [-0.39, 0.29) is 5.78 Å². The van der Waals surface area contributed by atoms with E-state index in [4.69, 9.17) is 0 Å². The Kier molecular flexibility index (Phi) is 18.8. The number of carbonyl (C=O) groups excluding carboxylic acids is 2. The molecule has 3 nitrogen and oxygen atoms in total. The molecule has 0 radical (unpaired) electrons. The maximum Gasteiger partial charge on any atom is 0.140 e. The minimum absolute atomic E-state index is 0. The van der Waals surface area contributed by atoms with Crippen LogP contribution in [0.15, 0.2) is 50.6 Å². The minimum atomic E-state index is 0. The number of hydrogen-bond donors (Lipinski definition) is 0. The molecule has 0 N–H and O–H groups in total. The fourth-order valence-corrected chi connectivity index (χ4v) is 0.866. The first-order valence-electron chi connectivity index (χ1n) is 5.24. The first kappa shape index (κ1) is 20.5. The van der Waals surface area contributed by atoms with Crippen molar-refractivity contribution in [2.24, 2.45) is 0 Å². The summed E-state index contributed by atoms with van der Waals surface area (Å²) in [7, 11) is 0. The predicted octanol–water partition coefficient (Wildman–Crippen LogP) is 2.44. The van der Waals surface area contributed by atoms with E-state index in [1.54, 1.807) is 30.7 Å². The standard InChI is InChI=1S/C7H10NO.C7H10O.Rf/c1-3-5-8(7-9)6-4-2;1-3-5-7(8)6-4-2;/h3-4H,1-2,5-6H2;3-4H,1-2,5-6H2;/q-1;;. The average molecular weight is 501 g/mol. The molecule has 0 heterocycles. The second-order valence-corrected chi connectivity index (χ2v) is 3.10. The normalized spacial score (nSPS) is 7.56. The molecule has 0 aliphatic rings. The molecule has 0 spiro atoms. The zero-order chi connectivity index (χ0) is 13.5. The monoisotopic (exact) mass is 501 g/mol. The molecule has 0 atom stereocenters. The summed E-state index contributed by atoms with van der Waals surface area (Å²) in [5.41, 5.74) is 0. The summed E-state index contributed by atoms with van der Waals surface area (Å²) in [6, 6.07) is 0. The Morgan fingerprint density at radius 1 is 0.944 bits per heavy atom. The van der Waals surface area contributed by atoms with Crippen molar-refractivity contribution in [3.05, 3.63) is 50.6 Å². The number of Topliss-reactive ketones (excluding diaryl/α,β-unsaturated/α-hetero) is 1. The molecule has 0 rings (SSSR count). The van der Waals surface area contributed by atoms with Gasteiger partial charge in [0.2, 0.25) is 0 Å². The number of carbonyl (C=O) groups is 1. The summed E-state index contributed by atoms with van der Waals surface area (Å²) in [5.74, 6) is 0.176. The molecular weight excluding hydrogens is 481 g/mol. The van der Waals surface area contributed by atoms with Crippen molar-refractivity contribution < 1.29 is 9.59 Å².